The minimum atomic E-state index is -0.478. The first-order chi connectivity index (χ1) is 12.6. The Morgan fingerprint density at radius 1 is 1.15 bits per heavy atom. The van der Waals surface area contributed by atoms with Crippen LogP contribution < -0.4 is 26.2 Å². The molecule has 0 aliphatic heterocycles. The zero-order chi connectivity index (χ0) is 18.3. The maximum atomic E-state index is 14.7. The Morgan fingerprint density at radius 3 is 2.73 bits per heavy atom. The van der Waals surface area contributed by atoms with E-state index in [4.69, 9.17) is 4.74 Å². The Bertz CT molecular complexity index is 1100. The third-order valence-electron chi connectivity index (χ3n) is 3.93. The van der Waals surface area contributed by atoms with E-state index in [-0.39, 0.29) is 27.2 Å². The average molecular weight is 531 g/mol. The molecular weight excluding hydrogens is 519 g/mol. The SMILES string of the molecule is C[I-]n1ccc2c(Br)c(Oc3ccc(F)c(-c4ccn[nH]4)c3)c(F)cc21. The Hall–Kier alpha value is -1.94. The van der Waals surface area contributed by atoms with E-state index >= 15 is 0 Å². The molecule has 0 spiro atoms. The molecule has 2 aromatic carbocycles. The number of hydrogen-bond donors (Lipinski definition) is 1. The number of fused-ring (bicyclic) bond motifs is 1. The molecule has 0 bridgehead atoms. The van der Waals surface area contributed by atoms with Gasteiger partial charge in [0.05, 0.1) is 0 Å². The zero-order valence-electron chi connectivity index (χ0n) is 13.4. The monoisotopic (exact) mass is 530 g/mol. The molecule has 0 radical (unpaired) electrons. The molecule has 4 aromatic rings. The summed E-state index contributed by atoms with van der Waals surface area (Å²) >= 11 is 3.22. The van der Waals surface area contributed by atoms with Crippen LogP contribution in [0.25, 0.3) is 22.2 Å². The van der Waals surface area contributed by atoms with Gasteiger partial charge in [-0.15, -0.1) is 0 Å². The van der Waals surface area contributed by atoms with Crippen molar-refractivity contribution >= 4 is 26.8 Å². The van der Waals surface area contributed by atoms with Crippen LogP contribution in [0.1, 0.15) is 0 Å². The van der Waals surface area contributed by atoms with Crippen LogP contribution in [0, 0.1) is 11.6 Å². The van der Waals surface area contributed by atoms with E-state index in [0.29, 0.717) is 21.5 Å². The number of alkyl halides is 1. The number of nitrogens with zero attached hydrogens (tertiary/aromatic N) is 2. The summed E-state index contributed by atoms with van der Waals surface area (Å²) in [5, 5.41) is 7.41. The van der Waals surface area contributed by atoms with Crippen molar-refractivity contribution in [3.8, 4) is 22.8 Å². The van der Waals surface area contributed by atoms with Gasteiger partial charge in [-0.05, 0) is 0 Å². The van der Waals surface area contributed by atoms with E-state index in [0.717, 1.165) is 10.9 Å². The molecule has 0 aliphatic rings. The molecule has 0 atom stereocenters. The number of nitrogens with one attached hydrogen (secondary N) is 1. The van der Waals surface area contributed by atoms with Crippen molar-refractivity contribution in [1.82, 2.24) is 13.0 Å². The van der Waals surface area contributed by atoms with Gasteiger partial charge < -0.3 is 0 Å². The van der Waals surface area contributed by atoms with Crippen LogP contribution in [0.4, 0.5) is 8.78 Å². The molecule has 134 valence electrons. The van der Waals surface area contributed by atoms with Gasteiger partial charge in [0.25, 0.3) is 0 Å². The van der Waals surface area contributed by atoms with Crippen LogP contribution in [-0.2, 0) is 0 Å². The van der Waals surface area contributed by atoms with Crippen molar-refractivity contribution in [2.45, 2.75) is 0 Å². The van der Waals surface area contributed by atoms with Gasteiger partial charge in [0.15, 0.2) is 0 Å². The molecule has 8 heteroatoms. The van der Waals surface area contributed by atoms with Gasteiger partial charge >= 0.3 is 167 Å². The van der Waals surface area contributed by atoms with Crippen molar-refractivity contribution in [3.63, 3.8) is 0 Å². The summed E-state index contributed by atoms with van der Waals surface area (Å²) in [4.78, 5) is 2.10. The molecule has 0 amide bonds. The predicted molar refractivity (Wildman–Crippen MR) is 95.0 cm³/mol. The van der Waals surface area contributed by atoms with Gasteiger partial charge in [0.1, 0.15) is 0 Å². The third kappa shape index (κ3) is 3.01. The number of H-pyrrole nitrogens is 1. The number of aromatic amines is 1. The first kappa shape index (κ1) is 17.5. The van der Waals surface area contributed by atoms with E-state index in [9.17, 15) is 8.78 Å². The first-order valence-electron chi connectivity index (χ1n) is 7.55. The van der Waals surface area contributed by atoms with Gasteiger partial charge in [-0.25, -0.2) is 0 Å². The summed E-state index contributed by atoms with van der Waals surface area (Å²) in [7, 11) is 0. The molecule has 4 nitrogen and oxygen atoms in total. The van der Waals surface area contributed by atoms with Crippen molar-refractivity contribution in [2.75, 3.05) is 4.93 Å². The van der Waals surface area contributed by atoms with Crippen LogP contribution in [-0.4, -0.2) is 17.9 Å². The molecule has 4 rings (SSSR count). The predicted octanol–water partition coefficient (Wildman–Crippen LogP) is 2.35. The van der Waals surface area contributed by atoms with E-state index in [1.807, 2.05) is 12.3 Å². The fourth-order valence-electron chi connectivity index (χ4n) is 2.70. The van der Waals surface area contributed by atoms with Crippen molar-refractivity contribution < 1.29 is 35.0 Å². The van der Waals surface area contributed by atoms with Crippen LogP contribution in [0.15, 0.2) is 53.3 Å². The summed E-state index contributed by atoms with van der Waals surface area (Å²) in [5.41, 5.74) is 1.65. The Kier molecular flexibility index (Phi) is 4.70. The molecule has 2 aromatic heterocycles. The van der Waals surface area contributed by atoms with E-state index < -0.39 is 11.6 Å². The van der Waals surface area contributed by atoms with Gasteiger partial charge in [0.2, 0.25) is 0 Å². The van der Waals surface area contributed by atoms with Crippen LogP contribution in [0.5, 0.6) is 11.5 Å². The summed E-state index contributed by atoms with van der Waals surface area (Å²) in [6.45, 7) is 0. The number of halogens is 4. The molecule has 1 N–H and O–H groups in total. The molecule has 26 heavy (non-hydrogen) atoms. The Balaban J connectivity index is 1.77. The summed E-state index contributed by atoms with van der Waals surface area (Å²) in [5.74, 6) is -0.487. The second kappa shape index (κ2) is 6.99. The van der Waals surface area contributed by atoms with Gasteiger partial charge in [0, 0.05) is 0 Å². The molecule has 0 saturated heterocycles. The number of rotatable bonds is 4. The minimum absolute atomic E-state index is 0.0757. The van der Waals surface area contributed by atoms with Crippen LogP contribution >= 0.6 is 15.9 Å². The summed E-state index contributed by atoms with van der Waals surface area (Å²) in [6, 6.07) is 9.32. The van der Waals surface area contributed by atoms with Crippen LogP contribution in [0.3, 0.4) is 0 Å². The zero-order valence-corrected chi connectivity index (χ0v) is 17.2. The van der Waals surface area contributed by atoms with Crippen molar-refractivity contribution in [3.05, 3.63) is 64.9 Å². The van der Waals surface area contributed by atoms with Crippen molar-refractivity contribution in [2.24, 2.45) is 0 Å². The molecule has 0 saturated carbocycles. The summed E-state index contributed by atoms with van der Waals surface area (Å²) < 4.78 is 37.1. The summed E-state index contributed by atoms with van der Waals surface area (Å²) in [6.07, 6.45) is 3.48. The van der Waals surface area contributed by atoms with Gasteiger partial charge in [-0.2, -0.15) is 0 Å². The number of benzene rings is 2. The fourth-order valence-corrected chi connectivity index (χ4v) is 4.70. The quantitative estimate of drug-likeness (QED) is 0.325. The number of ether oxygens (including phenoxy) is 1. The van der Waals surface area contributed by atoms with Gasteiger partial charge in [-0.3, -0.25) is 0 Å². The molecule has 2 heterocycles. The standard InChI is InChI=1S/C18H12BrF2IN3O/c1-22-25-7-5-11-16(25)9-14(21)18(17(11)19)26-10-2-3-13(20)12(8-10)15-4-6-23-24-15/h2-9H,1H3,(H,23,24)/q-1. The topological polar surface area (TPSA) is 42.8 Å². The normalized spacial score (nSPS) is 11.4. The molecule has 0 fully saturated rings. The molecular formula is C18H12BrF2IN3O-. The van der Waals surface area contributed by atoms with E-state index in [2.05, 4.69) is 33.8 Å². The number of aromatic nitrogens is 3. The van der Waals surface area contributed by atoms with Crippen LogP contribution in [0.2, 0.25) is 0 Å². The average Bonchev–Trinajstić information content (AvgIpc) is 3.29. The second-order valence-electron chi connectivity index (χ2n) is 5.44. The van der Waals surface area contributed by atoms with E-state index in [1.54, 1.807) is 6.07 Å². The molecule has 0 aliphatic carbocycles. The molecule has 0 unspecified atom stereocenters. The Labute approximate surface area is 166 Å². The fraction of sp³-hybridized carbons (Fsp3) is 0.0556. The van der Waals surface area contributed by atoms with Gasteiger partial charge in [-0.1, -0.05) is 0 Å². The maximum absolute atomic E-state index is 14.7. The first-order valence-corrected chi connectivity index (χ1v) is 11.5. The Morgan fingerprint density at radius 2 is 2.00 bits per heavy atom. The van der Waals surface area contributed by atoms with Crippen molar-refractivity contribution in [1.29, 1.82) is 0 Å². The number of hydrogen-bond acceptors (Lipinski definition) is 2. The second-order valence-corrected chi connectivity index (χ2v) is 8.24. The van der Waals surface area contributed by atoms with E-state index in [1.165, 1.54) is 30.5 Å². The third-order valence-corrected chi connectivity index (χ3v) is 6.59.